The predicted molar refractivity (Wildman–Crippen MR) is 90.7 cm³/mol. The molecule has 1 heterocycles. The number of hydrogen-bond donors (Lipinski definition) is 2. The van der Waals surface area contributed by atoms with Crippen LogP contribution in [0.2, 0.25) is 0 Å². The van der Waals surface area contributed by atoms with Crippen molar-refractivity contribution in [1.82, 2.24) is 10.3 Å². The van der Waals surface area contributed by atoms with Crippen LogP contribution in [0, 0.1) is 12.7 Å². The first-order valence-electron chi connectivity index (χ1n) is 7.45. The fraction of sp³-hybridized carbons (Fsp3) is 0.353. The molecular weight excluding hydrogens is 331 g/mol. The van der Waals surface area contributed by atoms with E-state index in [-0.39, 0.29) is 18.1 Å². The number of aromatic nitrogens is 1. The van der Waals surface area contributed by atoms with E-state index < -0.39 is 11.5 Å². The molecule has 0 spiro atoms. The number of carboxylic acid groups (broad SMARTS) is 1. The second kappa shape index (κ2) is 7.09. The van der Waals surface area contributed by atoms with E-state index in [2.05, 4.69) is 10.3 Å². The predicted octanol–water partition coefficient (Wildman–Crippen LogP) is 3.63. The third-order valence-corrected chi connectivity index (χ3v) is 4.72. The molecule has 0 fully saturated rings. The second-order valence-corrected chi connectivity index (χ2v) is 7.17. The molecule has 0 aliphatic rings. The van der Waals surface area contributed by atoms with Crippen LogP contribution in [0.5, 0.6) is 0 Å². The lowest BCUT2D eigenvalue weighted by atomic mass is 9.98. The minimum atomic E-state index is -0.898. The third-order valence-electron chi connectivity index (χ3n) is 3.51. The topological polar surface area (TPSA) is 79.3 Å². The van der Waals surface area contributed by atoms with Crippen molar-refractivity contribution in [2.75, 3.05) is 0 Å². The fourth-order valence-corrected chi connectivity index (χ4v) is 3.14. The van der Waals surface area contributed by atoms with Crippen LogP contribution in [0.25, 0.3) is 10.6 Å². The highest BCUT2D eigenvalue weighted by Gasteiger charge is 2.25. The summed E-state index contributed by atoms with van der Waals surface area (Å²) in [7, 11) is 0. The molecule has 2 N–H and O–H groups in total. The molecule has 7 heteroatoms. The second-order valence-electron chi connectivity index (χ2n) is 6.17. The van der Waals surface area contributed by atoms with Gasteiger partial charge in [0.15, 0.2) is 0 Å². The Morgan fingerprint density at radius 2 is 1.92 bits per heavy atom. The van der Waals surface area contributed by atoms with Gasteiger partial charge in [-0.2, -0.15) is 0 Å². The van der Waals surface area contributed by atoms with Gasteiger partial charge in [-0.15, -0.1) is 11.3 Å². The van der Waals surface area contributed by atoms with Crippen LogP contribution >= 0.6 is 11.3 Å². The van der Waals surface area contributed by atoms with Crippen LogP contribution in [-0.2, 0) is 4.79 Å². The molecular formula is C17H19FN2O3S. The zero-order valence-electron chi connectivity index (χ0n) is 13.7. The average Bonchev–Trinajstić information content (AvgIpc) is 2.88. The summed E-state index contributed by atoms with van der Waals surface area (Å²) in [5.74, 6) is -1.51. The number of halogens is 1. The summed E-state index contributed by atoms with van der Waals surface area (Å²) in [6.07, 6.45) is 0.312. The van der Waals surface area contributed by atoms with E-state index in [1.807, 2.05) is 0 Å². The number of amides is 1. The van der Waals surface area contributed by atoms with Crippen LogP contribution < -0.4 is 5.32 Å². The Kier molecular flexibility index (Phi) is 5.33. The van der Waals surface area contributed by atoms with Gasteiger partial charge >= 0.3 is 5.97 Å². The van der Waals surface area contributed by atoms with Crippen molar-refractivity contribution >= 4 is 23.2 Å². The molecule has 0 aliphatic carbocycles. The summed E-state index contributed by atoms with van der Waals surface area (Å²) in [6, 6.07) is 5.93. The SMILES string of the molecule is Cc1nc(-c2ccc(F)cc2)sc1C(=O)NC(C)(C)CCC(=O)O. The monoisotopic (exact) mass is 350 g/mol. The molecule has 1 aromatic heterocycles. The van der Waals surface area contributed by atoms with Gasteiger partial charge in [-0.25, -0.2) is 9.37 Å². The summed E-state index contributed by atoms with van der Waals surface area (Å²) in [4.78, 5) is 28.0. The molecule has 24 heavy (non-hydrogen) atoms. The molecule has 1 aromatic carbocycles. The van der Waals surface area contributed by atoms with Crippen LogP contribution in [0.1, 0.15) is 42.1 Å². The molecule has 2 rings (SSSR count). The van der Waals surface area contributed by atoms with Gasteiger partial charge in [0.2, 0.25) is 0 Å². The minimum absolute atomic E-state index is 0.0181. The fourth-order valence-electron chi connectivity index (χ4n) is 2.17. The number of aryl methyl sites for hydroxylation is 1. The minimum Gasteiger partial charge on any atom is -0.481 e. The van der Waals surface area contributed by atoms with Gasteiger partial charge in [-0.1, -0.05) is 0 Å². The largest absolute Gasteiger partial charge is 0.481 e. The van der Waals surface area contributed by atoms with Crippen LogP contribution in [0.3, 0.4) is 0 Å². The lowest BCUT2D eigenvalue weighted by Crippen LogP contribution is -2.43. The summed E-state index contributed by atoms with van der Waals surface area (Å²) in [5, 5.41) is 12.3. The maximum absolute atomic E-state index is 13.0. The van der Waals surface area contributed by atoms with Crippen molar-refractivity contribution in [2.24, 2.45) is 0 Å². The number of nitrogens with zero attached hydrogens (tertiary/aromatic N) is 1. The smallest absolute Gasteiger partial charge is 0.303 e. The molecule has 0 atom stereocenters. The van der Waals surface area contributed by atoms with Crippen molar-refractivity contribution in [1.29, 1.82) is 0 Å². The highest BCUT2D eigenvalue weighted by Crippen LogP contribution is 2.28. The van der Waals surface area contributed by atoms with Crippen molar-refractivity contribution in [3.63, 3.8) is 0 Å². The first kappa shape index (κ1) is 18.1. The Morgan fingerprint density at radius 3 is 2.50 bits per heavy atom. The number of hydrogen-bond acceptors (Lipinski definition) is 4. The van der Waals surface area contributed by atoms with E-state index in [1.165, 1.54) is 23.5 Å². The van der Waals surface area contributed by atoms with Crippen molar-refractivity contribution in [3.8, 4) is 10.6 Å². The van der Waals surface area contributed by atoms with Gasteiger partial charge in [-0.05, 0) is 51.5 Å². The van der Waals surface area contributed by atoms with E-state index >= 15 is 0 Å². The molecule has 0 saturated heterocycles. The molecule has 0 unspecified atom stereocenters. The van der Waals surface area contributed by atoms with Gasteiger partial charge < -0.3 is 10.4 Å². The summed E-state index contributed by atoms with van der Waals surface area (Å²) < 4.78 is 13.0. The van der Waals surface area contributed by atoms with Crippen molar-refractivity contribution < 1.29 is 19.1 Å². The molecule has 5 nitrogen and oxygen atoms in total. The lowest BCUT2D eigenvalue weighted by Gasteiger charge is -2.25. The first-order chi connectivity index (χ1) is 11.2. The van der Waals surface area contributed by atoms with Crippen molar-refractivity contribution in [3.05, 3.63) is 40.7 Å². The van der Waals surface area contributed by atoms with E-state index in [1.54, 1.807) is 32.9 Å². The van der Waals surface area contributed by atoms with Gasteiger partial charge in [-0.3, -0.25) is 9.59 Å². The van der Waals surface area contributed by atoms with E-state index in [0.717, 1.165) is 5.56 Å². The van der Waals surface area contributed by atoms with Gasteiger partial charge in [0.1, 0.15) is 15.7 Å². The number of aliphatic carboxylic acids is 1. The number of thiazole rings is 1. The van der Waals surface area contributed by atoms with E-state index in [4.69, 9.17) is 5.11 Å². The summed E-state index contributed by atoms with van der Waals surface area (Å²) in [5.41, 5.74) is 0.696. The molecule has 0 aliphatic heterocycles. The molecule has 2 aromatic rings. The number of benzene rings is 1. The normalized spacial score (nSPS) is 11.3. The maximum Gasteiger partial charge on any atom is 0.303 e. The van der Waals surface area contributed by atoms with E-state index in [0.29, 0.717) is 22.0 Å². The number of nitrogens with one attached hydrogen (secondary N) is 1. The Morgan fingerprint density at radius 1 is 1.29 bits per heavy atom. The first-order valence-corrected chi connectivity index (χ1v) is 8.27. The van der Waals surface area contributed by atoms with Crippen LogP contribution in [0.4, 0.5) is 4.39 Å². The number of carbonyl (C=O) groups is 2. The quantitative estimate of drug-likeness (QED) is 0.834. The van der Waals surface area contributed by atoms with Crippen LogP contribution in [-0.4, -0.2) is 27.5 Å². The molecule has 0 saturated carbocycles. The Hall–Kier alpha value is -2.28. The highest BCUT2D eigenvalue weighted by atomic mass is 32.1. The number of carboxylic acids is 1. The van der Waals surface area contributed by atoms with Crippen LogP contribution in [0.15, 0.2) is 24.3 Å². The standard InChI is InChI=1S/C17H19FN2O3S/c1-10-14(15(23)20-17(2,3)9-8-13(21)22)24-16(19-10)11-4-6-12(18)7-5-11/h4-7H,8-9H2,1-3H3,(H,20,23)(H,21,22). The lowest BCUT2D eigenvalue weighted by molar-refractivity contribution is -0.137. The summed E-state index contributed by atoms with van der Waals surface area (Å²) in [6.45, 7) is 5.30. The van der Waals surface area contributed by atoms with E-state index in [9.17, 15) is 14.0 Å². The van der Waals surface area contributed by atoms with Gasteiger partial charge in [0.05, 0.1) is 5.69 Å². The number of carbonyl (C=O) groups excluding carboxylic acids is 1. The summed E-state index contributed by atoms with van der Waals surface area (Å²) >= 11 is 1.23. The third kappa shape index (κ3) is 4.61. The van der Waals surface area contributed by atoms with Gasteiger partial charge in [0, 0.05) is 17.5 Å². The molecule has 1 amide bonds. The zero-order chi connectivity index (χ0) is 17.9. The Bertz CT molecular complexity index is 754. The molecule has 0 bridgehead atoms. The highest BCUT2D eigenvalue weighted by molar-refractivity contribution is 7.17. The Balaban J connectivity index is 2.15. The maximum atomic E-state index is 13.0. The number of rotatable bonds is 6. The zero-order valence-corrected chi connectivity index (χ0v) is 14.5. The average molecular weight is 350 g/mol. The molecule has 128 valence electrons. The van der Waals surface area contributed by atoms with Crippen molar-refractivity contribution in [2.45, 2.75) is 39.2 Å². The Labute approximate surface area is 143 Å². The van der Waals surface area contributed by atoms with Gasteiger partial charge in [0.25, 0.3) is 5.91 Å². The molecule has 0 radical (unpaired) electrons.